The normalized spacial score (nSPS) is 12.7. The zero-order valence-corrected chi connectivity index (χ0v) is 32.5. The summed E-state index contributed by atoms with van der Waals surface area (Å²) in [6.45, 7) is 0. The summed E-state index contributed by atoms with van der Waals surface area (Å²) >= 11 is 0. The maximum absolute atomic E-state index is 2.50. The standard InChI is InChI=1S/C60H32/c1-2-9-40-31-50-49(30-39(40)8-1)57(46-28-24-37-20-18-33-11-5-13-35-22-26-44(46)54(37)52(33)35)59-48-17-7-16-43-42-15-4-3-10-41(42)32-51(56(43)48)60(59)58(50)47-29-25-38-21-19-34-12-6-14-36-23-27-45(47)55(38)53(34)36/h1-32H. The average Bonchev–Trinajstić information content (AvgIpc) is 3.62. The van der Waals surface area contributed by atoms with Gasteiger partial charge in [-0.15, -0.1) is 0 Å². The van der Waals surface area contributed by atoms with Crippen molar-refractivity contribution in [2.45, 2.75) is 0 Å². The summed E-state index contributed by atoms with van der Waals surface area (Å²) in [4.78, 5) is 0. The van der Waals surface area contributed by atoms with Gasteiger partial charge in [-0.25, -0.2) is 0 Å². The highest BCUT2D eigenvalue weighted by molar-refractivity contribution is 6.36. The van der Waals surface area contributed by atoms with Gasteiger partial charge >= 0.3 is 0 Å². The van der Waals surface area contributed by atoms with Crippen LogP contribution in [0.5, 0.6) is 0 Å². The number of rotatable bonds is 2. The van der Waals surface area contributed by atoms with Gasteiger partial charge in [0.05, 0.1) is 0 Å². The van der Waals surface area contributed by atoms with E-state index in [1.807, 2.05) is 0 Å². The molecule has 0 atom stereocenters. The van der Waals surface area contributed by atoms with Crippen molar-refractivity contribution in [3.05, 3.63) is 194 Å². The Morgan fingerprint density at radius 1 is 0.167 bits per heavy atom. The molecule has 1 aliphatic carbocycles. The van der Waals surface area contributed by atoms with E-state index in [1.165, 1.54) is 152 Å². The highest BCUT2D eigenvalue weighted by Crippen LogP contribution is 2.60. The molecule has 0 nitrogen and oxygen atoms in total. The summed E-state index contributed by atoms with van der Waals surface area (Å²) in [6.07, 6.45) is 0. The molecule has 0 saturated heterocycles. The second-order valence-corrected chi connectivity index (χ2v) is 17.1. The highest BCUT2D eigenvalue weighted by atomic mass is 14.3. The first-order valence-electron chi connectivity index (χ1n) is 21.1. The summed E-state index contributed by atoms with van der Waals surface area (Å²) in [5.41, 5.74) is 10.5. The summed E-state index contributed by atoms with van der Waals surface area (Å²) in [6, 6.07) is 74.1. The SMILES string of the molecule is c1ccc2cc3c(-c4ccc5ccc6cccc7ccc4c5c67)c4c(c(-c5ccc6ccc7cccc8ccc5c6c78)c3cc2c1)-c1cccc2c1c-4cc1ccccc12. The van der Waals surface area contributed by atoms with Crippen LogP contribution in [0.15, 0.2) is 194 Å². The Kier molecular flexibility index (Phi) is 5.74. The Morgan fingerprint density at radius 2 is 0.583 bits per heavy atom. The molecule has 272 valence electrons. The third-order valence-electron chi connectivity index (χ3n) is 14.2. The molecule has 1 aliphatic rings. The molecule has 60 heavy (non-hydrogen) atoms. The average molecular weight is 753 g/mol. The predicted molar refractivity (Wildman–Crippen MR) is 259 cm³/mol. The van der Waals surface area contributed by atoms with Gasteiger partial charge in [0, 0.05) is 0 Å². The molecule has 0 spiro atoms. The van der Waals surface area contributed by atoms with Crippen LogP contribution < -0.4 is 0 Å². The van der Waals surface area contributed by atoms with Crippen molar-refractivity contribution < 1.29 is 0 Å². The first-order chi connectivity index (χ1) is 29.8. The van der Waals surface area contributed by atoms with Gasteiger partial charge in [-0.1, -0.05) is 176 Å². The molecule has 0 bridgehead atoms. The van der Waals surface area contributed by atoms with Gasteiger partial charge < -0.3 is 0 Å². The van der Waals surface area contributed by atoms with E-state index in [4.69, 9.17) is 0 Å². The van der Waals surface area contributed by atoms with E-state index >= 15 is 0 Å². The lowest BCUT2D eigenvalue weighted by atomic mass is 9.79. The van der Waals surface area contributed by atoms with Crippen LogP contribution in [0, 0.1) is 0 Å². The van der Waals surface area contributed by atoms with E-state index in [1.54, 1.807) is 0 Å². The largest absolute Gasteiger partial charge is 0.0616 e. The maximum atomic E-state index is 2.50. The molecule has 0 aliphatic heterocycles. The van der Waals surface area contributed by atoms with E-state index in [2.05, 4.69) is 194 Å². The smallest absolute Gasteiger partial charge is 0.000696 e. The molecule has 0 saturated carbocycles. The number of hydrogen-bond donors (Lipinski definition) is 0. The van der Waals surface area contributed by atoms with Crippen LogP contribution in [-0.4, -0.2) is 0 Å². The zero-order chi connectivity index (χ0) is 38.8. The second kappa shape index (κ2) is 11.0. The van der Waals surface area contributed by atoms with Gasteiger partial charge in [0.15, 0.2) is 0 Å². The summed E-state index contributed by atoms with van der Waals surface area (Å²) in [5.74, 6) is 0. The van der Waals surface area contributed by atoms with Gasteiger partial charge in [0.25, 0.3) is 0 Å². The van der Waals surface area contributed by atoms with E-state index in [0.29, 0.717) is 0 Å². The Bertz CT molecular complexity index is 4190. The molecule has 0 fully saturated rings. The fourth-order valence-corrected chi connectivity index (χ4v) is 11.7. The Balaban J connectivity index is 1.21. The maximum Gasteiger partial charge on any atom is -0.000696 e. The molecule has 0 amide bonds. The first kappa shape index (κ1) is 31.2. The van der Waals surface area contributed by atoms with E-state index in [-0.39, 0.29) is 0 Å². The van der Waals surface area contributed by atoms with Crippen LogP contribution in [0.25, 0.3) is 152 Å². The lowest BCUT2D eigenvalue weighted by Crippen LogP contribution is -1.96. The molecule has 14 aromatic rings. The van der Waals surface area contributed by atoms with Gasteiger partial charge in [-0.2, -0.15) is 0 Å². The fourth-order valence-electron chi connectivity index (χ4n) is 11.7. The van der Waals surface area contributed by atoms with Crippen molar-refractivity contribution in [3.63, 3.8) is 0 Å². The van der Waals surface area contributed by atoms with Gasteiger partial charge in [0.2, 0.25) is 0 Å². The molecule has 0 aromatic heterocycles. The van der Waals surface area contributed by atoms with Crippen LogP contribution in [0.1, 0.15) is 0 Å². The van der Waals surface area contributed by atoms with Gasteiger partial charge in [0.1, 0.15) is 0 Å². The molecule has 0 unspecified atom stereocenters. The summed E-state index contributed by atoms with van der Waals surface area (Å²) < 4.78 is 0. The molecule has 0 N–H and O–H groups in total. The van der Waals surface area contributed by atoms with Crippen molar-refractivity contribution in [1.29, 1.82) is 0 Å². The third-order valence-corrected chi connectivity index (χ3v) is 14.2. The molecule has 15 rings (SSSR count). The van der Waals surface area contributed by atoms with Crippen LogP contribution in [-0.2, 0) is 0 Å². The molecule has 0 radical (unpaired) electrons. The summed E-state index contributed by atoms with van der Waals surface area (Å²) in [5, 5.41) is 26.0. The lowest BCUT2D eigenvalue weighted by molar-refractivity contribution is 1.68. The highest BCUT2D eigenvalue weighted by Gasteiger charge is 2.33. The molecular weight excluding hydrogens is 721 g/mol. The Hall–Kier alpha value is -7.80. The fraction of sp³-hybridized carbons (Fsp3) is 0. The molecule has 0 heteroatoms. The van der Waals surface area contributed by atoms with Crippen LogP contribution >= 0.6 is 0 Å². The molecule has 0 heterocycles. The summed E-state index contributed by atoms with van der Waals surface area (Å²) in [7, 11) is 0. The van der Waals surface area contributed by atoms with Crippen LogP contribution in [0.4, 0.5) is 0 Å². The minimum Gasteiger partial charge on any atom is -0.0616 e. The monoisotopic (exact) mass is 752 g/mol. The molecule has 14 aromatic carbocycles. The van der Waals surface area contributed by atoms with Crippen LogP contribution in [0.3, 0.4) is 0 Å². The van der Waals surface area contributed by atoms with Crippen molar-refractivity contribution in [3.8, 4) is 44.5 Å². The molecular formula is C60H32. The van der Waals surface area contributed by atoms with Crippen molar-refractivity contribution in [2.24, 2.45) is 0 Å². The number of hydrogen-bond acceptors (Lipinski definition) is 0. The van der Waals surface area contributed by atoms with Crippen LogP contribution in [0.2, 0.25) is 0 Å². The number of fused-ring (bicyclic) bond motifs is 7. The van der Waals surface area contributed by atoms with Gasteiger partial charge in [-0.05, 0) is 170 Å². The third kappa shape index (κ3) is 3.83. The van der Waals surface area contributed by atoms with E-state index in [9.17, 15) is 0 Å². The lowest BCUT2D eigenvalue weighted by Gasteiger charge is -2.24. The van der Waals surface area contributed by atoms with E-state index in [0.717, 1.165) is 0 Å². The first-order valence-corrected chi connectivity index (χ1v) is 21.1. The topological polar surface area (TPSA) is 0 Å². The minimum atomic E-state index is 1.25. The van der Waals surface area contributed by atoms with Crippen molar-refractivity contribution in [1.82, 2.24) is 0 Å². The van der Waals surface area contributed by atoms with Gasteiger partial charge in [-0.3, -0.25) is 0 Å². The minimum absolute atomic E-state index is 1.25. The van der Waals surface area contributed by atoms with E-state index < -0.39 is 0 Å². The predicted octanol–water partition coefficient (Wildman–Crippen LogP) is 17.1. The van der Waals surface area contributed by atoms with Crippen molar-refractivity contribution >= 4 is 108 Å². The second-order valence-electron chi connectivity index (χ2n) is 17.1. The Morgan fingerprint density at radius 3 is 1.15 bits per heavy atom. The Labute approximate surface area is 344 Å². The van der Waals surface area contributed by atoms with Crippen molar-refractivity contribution in [2.75, 3.05) is 0 Å². The number of benzene rings is 14. The zero-order valence-electron chi connectivity index (χ0n) is 32.5. The quantitative estimate of drug-likeness (QED) is 0.122.